The van der Waals surface area contributed by atoms with Crippen molar-refractivity contribution in [2.75, 3.05) is 0 Å². The highest BCUT2D eigenvalue weighted by atomic mass is 16.6. The highest BCUT2D eigenvalue weighted by molar-refractivity contribution is 5.72. The molecule has 0 aromatic heterocycles. The Kier molecular flexibility index (Phi) is 2.98. The maximum Gasteiger partial charge on any atom is 0.306 e. The summed E-state index contributed by atoms with van der Waals surface area (Å²) in [6.45, 7) is 6.55. The van der Waals surface area contributed by atoms with Crippen LogP contribution in [0.2, 0.25) is 0 Å². The summed E-state index contributed by atoms with van der Waals surface area (Å²) in [5, 5.41) is 0. The van der Waals surface area contributed by atoms with E-state index in [-0.39, 0.29) is 11.4 Å². The zero-order valence-electron chi connectivity index (χ0n) is 10.8. The minimum atomic E-state index is -0.406. The molecule has 0 radical (unpaired) electrons. The number of rotatable bonds is 2. The van der Waals surface area contributed by atoms with Crippen LogP contribution in [-0.2, 0) is 15.1 Å². The van der Waals surface area contributed by atoms with Crippen LogP contribution in [0, 0.1) is 5.41 Å². The average molecular weight is 232 g/mol. The van der Waals surface area contributed by atoms with Crippen molar-refractivity contribution in [3.05, 3.63) is 35.9 Å². The monoisotopic (exact) mass is 232 g/mol. The van der Waals surface area contributed by atoms with Crippen LogP contribution in [0.3, 0.4) is 0 Å². The Bertz CT molecular complexity index is 403. The third kappa shape index (κ3) is 2.68. The minimum Gasteiger partial charge on any atom is -0.454 e. The van der Waals surface area contributed by atoms with E-state index >= 15 is 0 Å². The Labute approximate surface area is 103 Å². The Balaban J connectivity index is 2.35. The van der Waals surface area contributed by atoms with Crippen molar-refractivity contribution in [3.63, 3.8) is 0 Å². The summed E-state index contributed by atoms with van der Waals surface area (Å²) in [7, 11) is 0. The zero-order chi connectivity index (χ0) is 12.5. The fourth-order valence-corrected chi connectivity index (χ4v) is 2.65. The van der Waals surface area contributed by atoms with Gasteiger partial charge in [0.15, 0.2) is 0 Å². The van der Waals surface area contributed by atoms with Gasteiger partial charge in [-0.1, -0.05) is 51.1 Å². The molecule has 1 saturated heterocycles. The van der Waals surface area contributed by atoms with Gasteiger partial charge in [-0.3, -0.25) is 4.79 Å². The smallest absolute Gasteiger partial charge is 0.306 e. The van der Waals surface area contributed by atoms with Gasteiger partial charge in [-0.05, 0) is 17.4 Å². The summed E-state index contributed by atoms with van der Waals surface area (Å²) < 4.78 is 5.67. The van der Waals surface area contributed by atoms with Crippen molar-refractivity contribution in [2.45, 2.75) is 45.6 Å². The van der Waals surface area contributed by atoms with Crippen molar-refractivity contribution in [3.8, 4) is 0 Å². The number of carbonyl (C=O) groups excluding carboxylic acids is 1. The molecule has 92 valence electrons. The van der Waals surface area contributed by atoms with Gasteiger partial charge in [0.2, 0.25) is 0 Å². The van der Waals surface area contributed by atoms with Crippen molar-refractivity contribution >= 4 is 5.97 Å². The van der Waals surface area contributed by atoms with E-state index in [0.29, 0.717) is 6.42 Å². The quantitative estimate of drug-likeness (QED) is 0.727. The average Bonchev–Trinajstić information content (AvgIpc) is 2.60. The van der Waals surface area contributed by atoms with Gasteiger partial charge in [0.25, 0.3) is 0 Å². The number of hydrogen-bond acceptors (Lipinski definition) is 2. The van der Waals surface area contributed by atoms with Crippen molar-refractivity contribution in [1.29, 1.82) is 0 Å². The molecule has 1 fully saturated rings. The van der Waals surface area contributed by atoms with Crippen LogP contribution in [0.1, 0.15) is 45.6 Å². The normalized spacial score (nSPS) is 24.8. The third-order valence-electron chi connectivity index (χ3n) is 3.16. The Hall–Kier alpha value is -1.31. The molecule has 1 atom stereocenters. The van der Waals surface area contributed by atoms with Gasteiger partial charge in [0, 0.05) is 12.8 Å². The molecule has 0 aliphatic carbocycles. The first-order valence-corrected chi connectivity index (χ1v) is 6.19. The SMILES string of the molecule is CC(C)(C)C[C@]1(c2ccccc2)CCC(=O)O1. The number of esters is 1. The minimum absolute atomic E-state index is 0.0712. The van der Waals surface area contributed by atoms with Crippen molar-refractivity contribution < 1.29 is 9.53 Å². The highest BCUT2D eigenvalue weighted by Gasteiger charge is 2.44. The van der Waals surface area contributed by atoms with E-state index in [1.165, 1.54) is 0 Å². The molecule has 1 aromatic carbocycles. The molecule has 2 heteroatoms. The summed E-state index contributed by atoms with van der Waals surface area (Å²) >= 11 is 0. The molecular formula is C15H20O2. The van der Waals surface area contributed by atoms with Gasteiger partial charge in [0.05, 0.1) is 0 Å². The summed E-state index contributed by atoms with van der Waals surface area (Å²) in [4.78, 5) is 11.5. The summed E-state index contributed by atoms with van der Waals surface area (Å²) in [5.41, 5.74) is 0.859. The van der Waals surface area contributed by atoms with Crippen LogP contribution >= 0.6 is 0 Å². The Morgan fingerprint density at radius 3 is 2.35 bits per heavy atom. The molecule has 17 heavy (non-hydrogen) atoms. The van der Waals surface area contributed by atoms with E-state index in [2.05, 4.69) is 32.9 Å². The third-order valence-corrected chi connectivity index (χ3v) is 3.16. The molecule has 1 aliphatic heterocycles. The second-order valence-electron chi connectivity index (χ2n) is 6.07. The highest BCUT2D eigenvalue weighted by Crippen LogP contribution is 2.44. The van der Waals surface area contributed by atoms with Crippen molar-refractivity contribution in [1.82, 2.24) is 0 Å². The van der Waals surface area contributed by atoms with Crippen LogP contribution in [0.25, 0.3) is 0 Å². The van der Waals surface area contributed by atoms with Gasteiger partial charge in [-0.2, -0.15) is 0 Å². The van der Waals surface area contributed by atoms with Crippen LogP contribution in [0.5, 0.6) is 0 Å². The van der Waals surface area contributed by atoms with Crippen molar-refractivity contribution in [2.24, 2.45) is 5.41 Å². The summed E-state index contributed by atoms with van der Waals surface area (Å²) in [5.74, 6) is -0.0712. The van der Waals surface area contributed by atoms with E-state index in [1.54, 1.807) is 0 Å². The number of benzene rings is 1. The van der Waals surface area contributed by atoms with Crippen LogP contribution in [-0.4, -0.2) is 5.97 Å². The first-order chi connectivity index (χ1) is 7.91. The fraction of sp³-hybridized carbons (Fsp3) is 0.533. The standard InChI is InChI=1S/C15H20O2/c1-14(2,3)11-15(10-9-13(16)17-15)12-7-5-4-6-8-12/h4-8H,9-11H2,1-3H3/t15-/m0/s1. The number of cyclic esters (lactones) is 1. The maximum atomic E-state index is 11.5. The number of hydrogen-bond donors (Lipinski definition) is 0. The molecule has 1 aliphatic rings. The molecule has 0 unspecified atom stereocenters. The van der Waals surface area contributed by atoms with E-state index in [1.807, 2.05) is 18.2 Å². The Morgan fingerprint density at radius 1 is 1.24 bits per heavy atom. The molecule has 1 aromatic rings. The Morgan fingerprint density at radius 2 is 1.88 bits per heavy atom. The lowest BCUT2D eigenvalue weighted by atomic mass is 9.77. The largest absolute Gasteiger partial charge is 0.454 e. The first kappa shape index (κ1) is 12.2. The molecular weight excluding hydrogens is 212 g/mol. The van der Waals surface area contributed by atoms with Gasteiger partial charge in [-0.25, -0.2) is 0 Å². The van der Waals surface area contributed by atoms with E-state index in [9.17, 15) is 4.79 Å². The molecule has 0 bridgehead atoms. The van der Waals surface area contributed by atoms with Crippen LogP contribution in [0.15, 0.2) is 30.3 Å². The zero-order valence-corrected chi connectivity index (χ0v) is 10.8. The lowest BCUT2D eigenvalue weighted by molar-refractivity contribution is -0.151. The molecule has 2 rings (SSSR count). The maximum absolute atomic E-state index is 11.5. The van der Waals surface area contributed by atoms with Gasteiger partial charge in [0.1, 0.15) is 5.60 Å². The number of carbonyl (C=O) groups is 1. The molecule has 2 nitrogen and oxygen atoms in total. The van der Waals surface area contributed by atoms with Gasteiger partial charge < -0.3 is 4.74 Å². The number of ether oxygens (including phenoxy) is 1. The lowest BCUT2D eigenvalue weighted by Crippen LogP contribution is -2.31. The second-order valence-corrected chi connectivity index (χ2v) is 6.07. The first-order valence-electron chi connectivity index (χ1n) is 6.19. The lowest BCUT2D eigenvalue weighted by Gasteiger charge is -2.34. The molecule has 0 spiro atoms. The summed E-state index contributed by atoms with van der Waals surface area (Å²) in [6.07, 6.45) is 2.20. The molecule has 0 saturated carbocycles. The molecule has 0 N–H and O–H groups in total. The molecule has 1 heterocycles. The molecule has 0 amide bonds. The van der Waals surface area contributed by atoms with Crippen LogP contribution < -0.4 is 0 Å². The second kappa shape index (κ2) is 4.17. The van der Waals surface area contributed by atoms with E-state index in [0.717, 1.165) is 18.4 Å². The predicted molar refractivity (Wildman–Crippen MR) is 67.5 cm³/mol. The van der Waals surface area contributed by atoms with Gasteiger partial charge in [-0.15, -0.1) is 0 Å². The van der Waals surface area contributed by atoms with E-state index < -0.39 is 5.60 Å². The van der Waals surface area contributed by atoms with Gasteiger partial charge >= 0.3 is 5.97 Å². The fourth-order valence-electron chi connectivity index (χ4n) is 2.65. The van der Waals surface area contributed by atoms with E-state index in [4.69, 9.17) is 4.74 Å². The predicted octanol–water partition coefficient (Wildman–Crippen LogP) is 3.66. The van der Waals surface area contributed by atoms with Crippen LogP contribution in [0.4, 0.5) is 0 Å². The topological polar surface area (TPSA) is 26.3 Å². The summed E-state index contributed by atoms with van der Waals surface area (Å²) in [6, 6.07) is 10.1.